The summed E-state index contributed by atoms with van der Waals surface area (Å²) in [7, 11) is 1.67. The minimum absolute atomic E-state index is 0.0364. The van der Waals surface area contributed by atoms with Gasteiger partial charge in [0.25, 0.3) is 0 Å². The summed E-state index contributed by atoms with van der Waals surface area (Å²) in [6.45, 7) is 4.41. The molecule has 0 N–H and O–H groups in total. The highest BCUT2D eigenvalue weighted by Gasteiger charge is 2.29. The van der Waals surface area contributed by atoms with Gasteiger partial charge in [-0.25, -0.2) is 0 Å². The van der Waals surface area contributed by atoms with Crippen LogP contribution in [0.3, 0.4) is 0 Å². The molecule has 1 aromatic carbocycles. The molecule has 108 valence electrons. The Morgan fingerprint density at radius 3 is 2.32 bits per heavy atom. The lowest BCUT2D eigenvalue weighted by molar-refractivity contribution is 0.295. The third-order valence-electron chi connectivity index (χ3n) is 3.20. The average Bonchev–Trinajstić information content (AvgIpc) is 2.37. The molecule has 0 heterocycles. The van der Waals surface area contributed by atoms with Crippen molar-refractivity contribution >= 4 is 39.1 Å². The van der Waals surface area contributed by atoms with E-state index in [4.69, 9.17) is 27.9 Å². The number of ether oxygens (including phenoxy) is 1. The fourth-order valence-corrected chi connectivity index (χ4v) is 3.71. The molecule has 0 radical (unpaired) electrons. The van der Waals surface area contributed by atoms with Crippen LogP contribution in [0, 0.1) is 11.3 Å². The van der Waals surface area contributed by atoms with Gasteiger partial charge in [0.05, 0.1) is 11.6 Å². The van der Waals surface area contributed by atoms with Gasteiger partial charge in [-0.15, -0.1) is 23.2 Å². The highest BCUT2D eigenvalue weighted by atomic mass is 79.9. The second kappa shape index (κ2) is 7.75. The van der Waals surface area contributed by atoms with E-state index in [2.05, 4.69) is 41.9 Å². The van der Waals surface area contributed by atoms with Crippen molar-refractivity contribution in [2.24, 2.45) is 11.3 Å². The first-order chi connectivity index (χ1) is 8.96. The Morgan fingerprint density at radius 1 is 1.26 bits per heavy atom. The maximum atomic E-state index is 6.20. The SMILES string of the molecule is COc1ccc(CC(CCl)(CCl)CC(C)C)cc1Br. The van der Waals surface area contributed by atoms with Gasteiger partial charge in [0.1, 0.15) is 5.75 Å². The van der Waals surface area contributed by atoms with E-state index in [1.807, 2.05) is 6.07 Å². The first kappa shape index (κ1) is 17.1. The van der Waals surface area contributed by atoms with Crippen LogP contribution < -0.4 is 4.74 Å². The van der Waals surface area contributed by atoms with E-state index >= 15 is 0 Å². The highest BCUT2D eigenvalue weighted by Crippen LogP contribution is 2.35. The second-order valence-corrected chi connectivity index (χ2v) is 6.90. The molecule has 1 rings (SSSR count). The summed E-state index contributed by atoms with van der Waals surface area (Å²) in [6, 6.07) is 6.15. The Bertz CT molecular complexity index is 403. The Labute approximate surface area is 134 Å². The second-order valence-electron chi connectivity index (χ2n) is 5.51. The van der Waals surface area contributed by atoms with E-state index < -0.39 is 0 Å². The summed E-state index contributed by atoms with van der Waals surface area (Å²) in [4.78, 5) is 0. The third-order valence-corrected chi connectivity index (χ3v) is 4.96. The summed E-state index contributed by atoms with van der Waals surface area (Å²) in [6.07, 6.45) is 1.92. The van der Waals surface area contributed by atoms with Gasteiger partial charge in [0.15, 0.2) is 0 Å². The predicted octanol–water partition coefficient (Wildman–Crippen LogP) is 5.51. The first-order valence-corrected chi connectivity index (χ1v) is 8.27. The van der Waals surface area contributed by atoms with E-state index in [1.54, 1.807) is 7.11 Å². The Balaban J connectivity index is 2.93. The molecule has 0 fully saturated rings. The minimum atomic E-state index is -0.0364. The van der Waals surface area contributed by atoms with Crippen LogP contribution in [0.1, 0.15) is 25.8 Å². The zero-order valence-electron chi connectivity index (χ0n) is 11.7. The maximum absolute atomic E-state index is 6.20. The van der Waals surface area contributed by atoms with Crippen LogP contribution in [-0.2, 0) is 6.42 Å². The van der Waals surface area contributed by atoms with Crippen LogP contribution in [0.25, 0.3) is 0 Å². The molecule has 4 heteroatoms. The topological polar surface area (TPSA) is 9.23 Å². The van der Waals surface area contributed by atoms with Crippen molar-refractivity contribution in [1.29, 1.82) is 0 Å². The number of methoxy groups -OCH3 is 1. The van der Waals surface area contributed by atoms with Gasteiger partial charge in [-0.2, -0.15) is 0 Å². The molecule has 1 nitrogen and oxygen atoms in total. The quantitative estimate of drug-likeness (QED) is 0.577. The van der Waals surface area contributed by atoms with Crippen LogP contribution in [0.4, 0.5) is 0 Å². The monoisotopic (exact) mass is 366 g/mol. The Morgan fingerprint density at radius 2 is 1.89 bits per heavy atom. The number of hydrogen-bond acceptors (Lipinski definition) is 1. The lowest BCUT2D eigenvalue weighted by Gasteiger charge is -2.31. The molecule has 0 atom stereocenters. The number of benzene rings is 1. The van der Waals surface area contributed by atoms with Crippen LogP contribution in [0.2, 0.25) is 0 Å². The van der Waals surface area contributed by atoms with Gasteiger partial charge in [-0.1, -0.05) is 19.9 Å². The summed E-state index contributed by atoms with van der Waals surface area (Å²) < 4.78 is 6.22. The molecule has 19 heavy (non-hydrogen) atoms. The van der Waals surface area contributed by atoms with Crippen LogP contribution in [-0.4, -0.2) is 18.9 Å². The van der Waals surface area contributed by atoms with Crippen molar-refractivity contribution in [1.82, 2.24) is 0 Å². The van der Waals surface area contributed by atoms with Crippen LogP contribution >= 0.6 is 39.1 Å². The van der Waals surface area contributed by atoms with Gasteiger partial charge in [-0.3, -0.25) is 0 Å². The summed E-state index contributed by atoms with van der Waals surface area (Å²) in [5, 5.41) is 0. The smallest absolute Gasteiger partial charge is 0.133 e. The third kappa shape index (κ3) is 4.84. The first-order valence-electron chi connectivity index (χ1n) is 6.40. The molecule has 0 aliphatic carbocycles. The number of halogens is 3. The summed E-state index contributed by atoms with van der Waals surface area (Å²) in [5.74, 6) is 2.59. The molecule has 0 aromatic heterocycles. The molecule has 0 bridgehead atoms. The van der Waals surface area contributed by atoms with E-state index in [0.717, 1.165) is 23.1 Å². The fourth-order valence-electron chi connectivity index (χ4n) is 2.43. The molecule has 0 spiro atoms. The maximum Gasteiger partial charge on any atom is 0.133 e. The van der Waals surface area contributed by atoms with Gasteiger partial charge in [0.2, 0.25) is 0 Å². The molecule has 0 unspecified atom stereocenters. The molecule has 0 aliphatic rings. The number of alkyl halides is 2. The van der Waals surface area contributed by atoms with Crippen molar-refractivity contribution in [3.8, 4) is 5.75 Å². The van der Waals surface area contributed by atoms with Gasteiger partial charge < -0.3 is 4.74 Å². The Kier molecular flexibility index (Phi) is 6.99. The molecule has 0 saturated heterocycles. The van der Waals surface area contributed by atoms with Crippen LogP contribution in [0.15, 0.2) is 22.7 Å². The molecule has 0 amide bonds. The predicted molar refractivity (Wildman–Crippen MR) is 87.7 cm³/mol. The number of hydrogen-bond donors (Lipinski definition) is 0. The lowest BCUT2D eigenvalue weighted by Crippen LogP contribution is -2.30. The van der Waals surface area contributed by atoms with Crippen molar-refractivity contribution in [3.05, 3.63) is 28.2 Å². The van der Waals surface area contributed by atoms with Crippen LogP contribution in [0.5, 0.6) is 5.75 Å². The summed E-state index contributed by atoms with van der Waals surface area (Å²) in [5.41, 5.74) is 1.19. The molecular formula is C15H21BrCl2O. The van der Waals surface area contributed by atoms with E-state index in [0.29, 0.717) is 17.7 Å². The molecule has 0 aliphatic heterocycles. The number of rotatable bonds is 7. The van der Waals surface area contributed by atoms with E-state index in [9.17, 15) is 0 Å². The molecular weight excluding hydrogens is 347 g/mol. The van der Waals surface area contributed by atoms with Crippen molar-refractivity contribution < 1.29 is 4.74 Å². The zero-order chi connectivity index (χ0) is 14.5. The lowest BCUT2D eigenvalue weighted by atomic mass is 9.78. The highest BCUT2D eigenvalue weighted by molar-refractivity contribution is 9.10. The van der Waals surface area contributed by atoms with E-state index in [1.165, 1.54) is 5.56 Å². The zero-order valence-corrected chi connectivity index (χ0v) is 14.8. The molecule has 1 aromatic rings. The van der Waals surface area contributed by atoms with E-state index in [-0.39, 0.29) is 5.41 Å². The van der Waals surface area contributed by atoms with Crippen molar-refractivity contribution in [2.75, 3.05) is 18.9 Å². The molecule has 0 saturated carbocycles. The van der Waals surface area contributed by atoms with Gasteiger partial charge in [-0.05, 0) is 52.4 Å². The normalized spacial score (nSPS) is 11.9. The average molecular weight is 368 g/mol. The van der Waals surface area contributed by atoms with Gasteiger partial charge >= 0.3 is 0 Å². The standard InChI is InChI=1S/C15H21BrCl2O/c1-11(2)7-15(9-17,10-18)8-12-4-5-14(19-3)13(16)6-12/h4-6,11H,7-10H2,1-3H3. The summed E-state index contributed by atoms with van der Waals surface area (Å²) >= 11 is 15.9. The fraction of sp³-hybridized carbons (Fsp3) is 0.600. The van der Waals surface area contributed by atoms with Crippen molar-refractivity contribution in [3.63, 3.8) is 0 Å². The minimum Gasteiger partial charge on any atom is -0.496 e. The van der Waals surface area contributed by atoms with Crippen molar-refractivity contribution in [2.45, 2.75) is 26.7 Å². The largest absolute Gasteiger partial charge is 0.496 e. The Hall–Kier alpha value is 0.0800. The van der Waals surface area contributed by atoms with Gasteiger partial charge in [0, 0.05) is 17.2 Å².